The van der Waals surface area contributed by atoms with Crippen molar-refractivity contribution in [3.8, 4) is 34.5 Å². The summed E-state index contributed by atoms with van der Waals surface area (Å²) in [6.45, 7) is 5.16. The zero-order valence-electron chi connectivity index (χ0n) is 23.6. The van der Waals surface area contributed by atoms with E-state index in [-0.39, 0.29) is 18.7 Å². The van der Waals surface area contributed by atoms with Gasteiger partial charge >= 0.3 is 0 Å². The van der Waals surface area contributed by atoms with Gasteiger partial charge in [0.05, 0.1) is 44.7 Å². The molecule has 212 valence electrons. The van der Waals surface area contributed by atoms with Crippen LogP contribution in [0.1, 0.15) is 39.9 Å². The van der Waals surface area contributed by atoms with Gasteiger partial charge in [-0.25, -0.2) is 0 Å². The van der Waals surface area contributed by atoms with E-state index in [0.29, 0.717) is 66.1 Å². The maximum Gasteiger partial charge on any atom is 0.260 e. The summed E-state index contributed by atoms with van der Waals surface area (Å²) in [6.07, 6.45) is 5.00. The molecule has 6 rings (SSSR count). The van der Waals surface area contributed by atoms with Gasteiger partial charge in [-0.3, -0.25) is 9.79 Å². The second kappa shape index (κ2) is 11.1. The van der Waals surface area contributed by atoms with E-state index in [0.717, 1.165) is 28.0 Å². The quantitative estimate of drug-likeness (QED) is 0.305. The number of rotatable bonds is 9. The molecule has 3 aromatic carbocycles. The van der Waals surface area contributed by atoms with Gasteiger partial charge in [-0.05, 0) is 66.4 Å². The van der Waals surface area contributed by atoms with Gasteiger partial charge < -0.3 is 33.3 Å². The zero-order valence-corrected chi connectivity index (χ0v) is 23.6. The first-order valence-electron chi connectivity index (χ1n) is 13.6. The van der Waals surface area contributed by atoms with Crippen LogP contribution in [0, 0.1) is 13.8 Å². The Labute approximate surface area is 238 Å². The van der Waals surface area contributed by atoms with Crippen LogP contribution in [-0.4, -0.2) is 57.3 Å². The molecule has 0 unspecified atom stereocenters. The van der Waals surface area contributed by atoms with Gasteiger partial charge in [-0.1, -0.05) is 6.07 Å². The van der Waals surface area contributed by atoms with Gasteiger partial charge in [0.1, 0.15) is 0 Å². The summed E-state index contributed by atoms with van der Waals surface area (Å²) in [5.74, 6) is 3.72. The fourth-order valence-corrected chi connectivity index (χ4v) is 5.13. The van der Waals surface area contributed by atoms with Crippen LogP contribution in [0.4, 0.5) is 5.69 Å². The Bertz CT molecular complexity index is 1560. The zero-order chi connectivity index (χ0) is 28.5. The summed E-state index contributed by atoms with van der Waals surface area (Å²) >= 11 is 0. The van der Waals surface area contributed by atoms with Crippen LogP contribution in [-0.2, 0) is 0 Å². The lowest BCUT2D eigenvalue weighted by molar-refractivity contribution is 0.0817. The van der Waals surface area contributed by atoms with Crippen molar-refractivity contribution in [3.63, 3.8) is 0 Å². The molecule has 3 aliphatic heterocycles. The molecule has 0 aromatic heterocycles. The summed E-state index contributed by atoms with van der Waals surface area (Å²) in [4.78, 5) is 20.0. The maximum atomic E-state index is 13.6. The van der Waals surface area contributed by atoms with Gasteiger partial charge in [0, 0.05) is 31.3 Å². The van der Waals surface area contributed by atoms with Crippen molar-refractivity contribution in [3.05, 3.63) is 70.9 Å². The number of ether oxygens (including phenoxy) is 6. The molecule has 41 heavy (non-hydrogen) atoms. The van der Waals surface area contributed by atoms with E-state index >= 15 is 0 Å². The Morgan fingerprint density at radius 3 is 2.32 bits per heavy atom. The third-order valence-electron chi connectivity index (χ3n) is 7.54. The van der Waals surface area contributed by atoms with Gasteiger partial charge in [-0.15, -0.1) is 0 Å². The molecule has 0 N–H and O–H groups in total. The van der Waals surface area contributed by atoms with Crippen molar-refractivity contribution in [1.29, 1.82) is 0 Å². The molecular weight excluding hydrogens is 524 g/mol. The second-order valence-electron chi connectivity index (χ2n) is 10.1. The fraction of sp³-hybridized carbons (Fsp3) is 0.312. The van der Waals surface area contributed by atoms with E-state index in [4.69, 9.17) is 28.4 Å². The number of hydrogen-bond acceptors (Lipinski definition) is 8. The minimum atomic E-state index is -0.190. The number of nitrogens with zero attached hydrogens (tertiary/aromatic N) is 2. The van der Waals surface area contributed by atoms with Crippen LogP contribution in [0.15, 0.2) is 53.7 Å². The number of aryl methyl sites for hydroxylation is 2. The molecular formula is C32H32N2O7. The topological polar surface area (TPSA) is 88.1 Å². The summed E-state index contributed by atoms with van der Waals surface area (Å²) < 4.78 is 34.0. The molecule has 0 fully saturated rings. The van der Waals surface area contributed by atoms with E-state index in [1.54, 1.807) is 31.3 Å². The van der Waals surface area contributed by atoms with Crippen LogP contribution < -0.4 is 28.4 Å². The van der Waals surface area contributed by atoms with Crippen LogP contribution in [0.3, 0.4) is 0 Å². The Morgan fingerprint density at radius 2 is 1.56 bits per heavy atom. The first kappa shape index (κ1) is 26.6. The Hall–Kier alpha value is -4.66. The molecule has 1 amide bonds. The number of amides is 1. The predicted octanol–water partition coefficient (Wildman–Crippen LogP) is 5.87. The molecule has 0 radical (unpaired) electrons. The van der Waals surface area contributed by atoms with Crippen molar-refractivity contribution in [2.24, 2.45) is 4.99 Å². The number of hydrogen-bond donors (Lipinski definition) is 0. The highest BCUT2D eigenvalue weighted by atomic mass is 16.7. The lowest BCUT2D eigenvalue weighted by Gasteiger charge is -2.19. The molecule has 9 heteroatoms. The lowest BCUT2D eigenvalue weighted by Crippen LogP contribution is -2.32. The Kier molecular flexibility index (Phi) is 7.17. The van der Waals surface area contributed by atoms with Crippen molar-refractivity contribution in [2.45, 2.75) is 32.7 Å². The third-order valence-corrected chi connectivity index (χ3v) is 7.54. The van der Waals surface area contributed by atoms with Gasteiger partial charge in [0.25, 0.3) is 5.91 Å². The van der Waals surface area contributed by atoms with Crippen molar-refractivity contribution in [2.75, 3.05) is 34.2 Å². The molecule has 3 aromatic rings. The normalized spacial score (nSPS) is 16.6. The van der Waals surface area contributed by atoms with E-state index in [1.807, 2.05) is 56.6 Å². The Balaban J connectivity index is 1.13. The highest BCUT2D eigenvalue weighted by molar-refractivity contribution is 6.05. The minimum absolute atomic E-state index is 0.140. The molecule has 0 saturated heterocycles. The molecule has 0 aliphatic carbocycles. The van der Waals surface area contributed by atoms with Crippen LogP contribution in [0.25, 0.3) is 5.57 Å². The molecule has 0 bridgehead atoms. The summed E-state index contributed by atoms with van der Waals surface area (Å²) in [5.41, 5.74) is 5.32. The van der Waals surface area contributed by atoms with E-state index in [1.165, 1.54) is 0 Å². The molecule has 3 aliphatic rings. The summed E-state index contributed by atoms with van der Waals surface area (Å²) in [5, 5.41) is 0. The summed E-state index contributed by atoms with van der Waals surface area (Å²) in [6, 6.07) is 13.1. The van der Waals surface area contributed by atoms with E-state index in [9.17, 15) is 4.79 Å². The highest BCUT2D eigenvalue weighted by Gasteiger charge is 2.34. The van der Waals surface area contributed by atoms with Gasteiger partial charge in [0.2, 0.25) is 6.79 Å². The van der Waals surface area contributed by atoms with E-state index in [2.05, 4.69) is 4.99 Å². The van der Waals surface area contributed by atoms with Crippen LogP contribution >= 0.6 is 0 Å². The number of benzene rings is 3. The van der Waals surface area contributed by atoms with Crippen LogP contribution in [0.5, 0.6) is 34.5 Å². The monoisotopic (exact) mass is 556 g/mol. The maximum absolute atomic E-state index is 13.6. The van der Waals surface area contributed by atoms with Crippen LogP contribution in [0.2, 0.25) is 0 Å². The molecule has 1 atom stereocenters. The number of methoxy groups -OCH3 is 2. The number of carbonyl (C=O) groups is 1. The average Bonchev–Trinajstić information content (AvgIpc) is 3.61. The lowest BCUT2D eigenvalue weighted by atomic mass is 10.0. The van der Waals surface area contributed by atoms with Gasteiger partial charge in [0.15, 0.2) is 34.5 Å². The first-order chi connectivity index (χ1) is 19.9. The fourth-order valence-electron chi connectivity index (χ4n) is 5.13. The number of carbonyl (C=O) groups excluding carboxylic acids is 1. The second-order valence-corrected chi connectivity index (χ2v) is 10.1. The van der Waals surface area contributed by atoms with Crippen molar-refractivity contribution >= 4 is 23.4 Å². The van der Waals surface area contributed by atoms with Crippen molar-refractivity contribution in [1.82, 2.24) is 4.90 Å². The largest absolute Gasteiger partial charge is 0.493 e. The van der Waals surface area contributed by atoms with Crippen molar-refractivity contribution < 1.29 is 33.2 Å². The molecule has 0 saturated carbocycles. The summed E-state index contributed by atoms with van der Waals surface area (Å²) in [7, 11) is 3.20. The molecule has 9 nitrogen and oxygen atoms in total. The van der Waals surface area contributed by atoms with E-state index < -0.39 is 0 Å². The number of fused-ring (bicyclic) bond motifs is 3. The molecule has 3 heterocycles. The standard InChI is InChI=1S/C32H32N2O7/c1-19-10-27(36-3)29(11-20(19)2)38-8-5-9-39-31-15-25-24(14-28(31)37-4)32(35)34-17-22(12-23(34)16-33-25)21-6-7-26-30(13-21)41-18-40-26/h6-7,10-11,13-17,23H,5,8-9,12,18H2,1-4H3/t23-/m0/s1. The first-order valence-corrected chi connectivity index (χ1v) is 13.6. The highest BCUT2D eigenvalue weighted by Crippen LogP contribution is 2.41. The smallest absolute Gasteiger partial charge is 0.260 e. The third kappa shape index (κ3) is 5.15. The minimum Gasteiger partial charge on any atom is -0.493 e. The predicted molar refractivity (Wildman–Crippen MR) is 154 cm³/mol. The molecule has 0 spiro atoms. The Morgan fingerprint density at radius 1 is 0.878 bits per heavy atom. The SMILES string of the molecule is COc1cc(C)c(C)cc1OCCCOc1cc2c(cc1OC)C(=O)N1C=C(c3ccc4c(c3)OCO4)C[C@H]1C=N2. The van der Waals surface area contributed by atoms with Gasteiger partial charge in [-0.2, -0.15) is 0 Å². The number of aliphatic imine (C=N–C) groups is 1. The average molecular weight is 557 g/mol.